The molecule has 0 spiro atoms. The Labute approximate surface area is 168 Å². The number of benzene rings is 2. The van der Waals surface area contributed by atoms with Crippen LogP contribution in [0.3, 0.4) is 0 Å². The summed E-state index contributed by atoms with van der Waals surface area (Å²) in [4.78, 5) is 37.9. The first-order chi connectivity index (χ1) is 13.7. The summed E-state index contributed by atoms with van der Waals surface area (Å²) in [5.41, 5.74) is 0.603. The lowest BCUT2D eigenvalue weighted by molar-refractivity contribution is -0.118. The average Bonchev–Trinajstić information content (AvgIpc) is 2.95. The van der Waals surface area contributed by atoms with Crippen molar-refractivity contribution in [2.24, 2.45) is 0 Å². The Morgan fingerprint density at radius 3 is 2.07 bits per heavy atom. The minimum absolute atomic E-state index is 0.0229. The number of ether oxygens (including phenoxy) is 1. The van der Waals surface area contributed by atoms with Crippen molar-refractivity contribution >= 4 is 27.6 Å². The molecule has 1 aliphatic heterocycles. The highest BCUT2D eigenvalue weighted by molar-refractivity contribution is 7.89. The molecule has 2 aromatic rings. The van der Waals surface area contributed by atoms with Crippen LogP contribution in [0.4, 0.5) is 0 Å². The van der Waals surface area contributed by atoms with Gasteiger partial charge in [0.2, 0.25) is 10.0 Å². The van der Waals surface area contributed by atoms with Crippen molar-refractivity contribution in [3.05, 3.63) is 59.7 Å². The van der Waals surface area contributed by atoms with Gasteiger partial charge in [-0.1, -0.05) is 12.1 Å². The molecule has 8 nitrogen and oxygen atoms in total. The third-order valence-corrected chi connectivity index (χ3v) is 6.17. The third kappa shape index (κ3) is 4.20. The van der Waals surface area contributed by atoms with Crippen molar-refractivity contribution in [2.75, 3.05) is 13.7 Å². The normalized spacial score (nSPS) is 14.6. The van der Waals surface area contributed by atoms with Gasteiger partial charge in [-0.15, -0.1) is 0 Å². The fraction of sp³-hybridized carbons (Fsp3) is 0.250. The van der Waals surface area contributed by atoms with Gasteiger partial charge in [0.15, 0.2) is 0 Å². The van der Waals surface area contributed by atoms with Crippen molar-refractivity contribution in [1.29, 1.82) is 0 Å². The van der Waals surface area contributed by atoms with E-state index in [0.29, 0.717) is 16.9 Å². The number of rotatable bonds is 8. The third-order valence-electron chi connectivity index (χ3n) is 4.68. The molecule has 152 valence electrons. The van der Waals surface area contributed by atoms with Crippen LogP contribution in [-0.4, -0.2) is 50.6 Å². The molecule has 1 N–H and O–H groups in total. The first-order valence-corrected chi connectivity index (χ1v) is 10.3. The molecule has 1 unspecified atom stereocenters. The van der Waals surface area contributed by atoms with Gasteiger partial charge in [0.1, 0.15) is 11.5 Å². The number of nitrogens with zero attached hydrogens (tertiary/aromatic N) is 1. The molecule has 2 amide bonds. The Hall–Kier alpha value is -3.04. The van der Waals surface area contributed by atoms with E-state index in [0.717, 1.165) is 4.90 Å². The maximum atomic E-state index is 12.6. The summed E-state index contributed by atoms with van der Waals surface area (Å²) in [5.74, 6) is -0.826. The number of hydrogen-bond acceptors (Lipinski definition) is 6. The predicted molar refractivity (Wildman–Crippen MR) is 104 cm³/mol. The minimum atomic E-state index is -3.97. The van der Waals surface area contributed by atoms with Gasteiger partial charge in [-0.3, -0.25) is 19.3 Å². The Balaban J connectivity index is 1.72. The van der Waals surface area contributed by atoms with E-state index in [1.165, 1.54) is 38.3 Å². The fourth-order valence-electron chi connectivity index (χ4n) is 3.06. The minimum Gasteiger partial charge on any atom is -0.497 e. The van der Waals surface area contributed by atoms with Crippen molar-refractivity contribution in [3.63, 3.8) is 0 Å². The second-order valence-electron chi connectivity index (χ2n) is 6.56. The summed E-state index contributed by atoms with van der Waals surface area (Å²) in [7, 11) is -2.51. The maximum absolute atomic E-state index is 12.6. The van der Waals surface area contributed by atoms with Crippen LogP contribution >= 0.6 is 0 Å². The molecule has 29 heavy (non-hydrogen) atoms. The van der Waals surface area contributed by atoms with E-state index in [2.05, 4.69) is 4.72 Å². The Morgan fingerprint density at radius 2 is 1.59 bits per heavy atom. The number of sulfonamides is 1. The second kappa shape index (κ2) is 8.14. The van der Waals surface area contributed by atoms with Gasteiger partial charge in [0.25, 0.3) is 11.8 Å². The summed E-state index contributed by atoms with van der Waals surface area (Å²) in [6.07, 6.45) is -0.0316. The van der Waals surface area contributed by atoms with Gasteiger partial charge in [-0.05, 0) is 49.7 Å². The molecule has 0 bridgehead atoms. The zero-order chi connectivity index (χ0) is 21.2. The van der Waals surface area contributed by atoms with Gasteiger partial charge in [-0.2, -0.15) is 0 Å². The highest BCUT2D eigenvalue weighted by atomic mass is 32.2. The number of Topliss-reactive ketones (excluding diaryl/α,β-unsaturated/α-hetero) is 1. The van der Waals surface area contributed by atoms with Crippen LogP contribution in [-0.2, 0) is 14.8 Å². The van der Waals surface area contributed by atoms with E-state index in [4.69, 9.17) is 4.74 Å². The van der Waals surface area contributed by atoms with Gasteiger partial charge in [-0.25, -0.2) is 13.1 Å². The van der Waals surface area contributed by atoms with E-state index in [-0.39, 0.29) is 17.9 Å². The zero-order valence-corrected chi connectivity index (χ0v) is 16.7. The molecule has 0 aromatic heterocycles. The van der Waals surface area contributed by atoms with Gasteiger partial charge >= 0.3 is 0 Å². The number of ketones is 1. The van der Waals surface area contributed by atoms with Crippen LogP contribution in [0.1, 0.15) is 34.1 Å². The number of nitrogens with one attached hydrogen (secondary N) is 1. The summed E-state index contributed by atoms with van der Waals surface area (Å²) in [5, 5.41) is 0. The second-order valence-corrected chi connectivity index (χ2v) is 8.27. The molecule has 0 radical (unpaired) electrons. The van der Waals surface area contributed by atoms with Crippen molar-refractivity contribution < 1.29 is 27.5 Å². The molecule has 2 aromatic carbocycles. The summed E-state index contributed by atoms with van der Waals surface area (Å²) in [6, 6.07) is 11.1. The number of carbonyl (C=O) groups is 3. The topological polar surface area (TPSA) is 110 Å². The summed E-state index contributed by atoms with van der Waals surface area (Å²) >= 11 is 0. The first kappa shape index (κ1) is 20.7. The highest BCUT2D eigenvalue weighted by Gasteiger charge is 2.35. The largest absolute Gasteiger partial charge is 0.497 e. The number of imide groups is 1. The fourth-order valence-corrected chi connectivity index (χ4v) is 4.34. The van der Waals surface area contributed by atoms with Crippen molar-refractivity contribution in [3.8, 4) is 5.75 Å². The van der Waals surface area contributed by atoms with Crippen LogP contribution in [0.15, 0.2) is 53.4 Å². The summed E-state index contributed by atoms with van der Waals surface area (Å²) < 4.78 is 32.6. The molecule has 0 fully saturated rings. The van der Waals surface area contributed by atoms with E-state index in [1.807, 2.05) is 0 Å². The summed E-state index contributed by atoms with van der Waals surface area (Å²) in [6.45, 7) is 1.17. The van der Waals surface area contributed by atoms with Crippen molar-refractivity contribution in [2.45, 2.75) is 24.3 Å². The number of fused-ring (bicyclic) bond motifs is 1. The Bertz CT molecular complexity index is 1030. The molecule has 1 atom stereocenters. The van der Waals surface area contributed by atoms with E-state index >= 15 is 0 Å². The molecular formula is C20H20N2O6S. The average molecular weight is 416 g/mol. The molecule has 3 rings (SSSR count). The van der Waals surface area contributed by atoms with Crippen LogP contribution in [0.25, 0.3) is 0 Å². The lowest BCUT2D eigenvalue weighted by Crippen LogP contribution is -2.43. The van der Waals surface area contributed by atoms with Crippen LogP contribution in [0, 0.1) is 0 Å². The SMILES string of the molecule is COc1ccc(S(=O)(=O)NC(CCN2C(=O)c3ccccc3C2=O)C(C)=O)cc1. The van der Waals surface area contributed by atoms with E-state index < -0.39 is 33.7 Å². The molecule has 0 saturated heterocycles. The van der Waals surface area contributed by atoms with E-state index in [9.17, 15) is 22.8 Å². The van der Waals surface area contributed by atoms with Gasteiger partial charge in [0.05, 0.1) is 29.2 Å². The van der Waals surface area contributed by atoms with Crippen LogP contribution in [0.5, 0.6) is 5.75 Å². The van der Waals surface area contributed by atoms with Gasteiger partial charge < -0.3 is 4.74 Å². The quantitative estimate of drug-likeness (QED) is 0.655. The predicted octanol–water partition coefficient (Wildman–Crippen LogP) is 1.62. The number of carbonyl (C=O) groups excluding carboxylic acids is 3. The number of methoxy groups -OCH3 is 1. The number of amides is 2. The standard InChI is InChI=1S/C20H20N2O6S/c1-13(23)18(21-29(26,27)15-9-7-14(28-2)8-10-15)11-12-22-19(24)16-5-3-4-6-17(16)20(22)25/h3-10,18,21H,11-12H2,1-2H3. The van der Waals surface area contributed by atoms with E-state index in [1.54, 1.807) is 24.3 Å². The van der Waals surface area contributed by atoms with Crippen LogP contribution in [0.2, 0.25) is 0 Å². The van der Waals surface area contributed by atoms with Crippen molar-refractivity contribution in [1.82, 2.24) is 9.62 Å². The zero-order valence-electron chi connectivity index (χ0n) is 15.9. The lowest BCUT2D eigenvalue weighted by atomic mass is 10.1. The Kier molecular flexibility index (Phi) is 5.81. The lowest BCUT2D eigenvalue weighted by Gasteiger charge is -2.20. The number of hydrogen-bond donors (Lipinski definition) is 1. The smallest absolute Gasteiger partial charge is 0.261 e. The highest BCUT2D eigenvalue weighted by Crippen LogP contribution is 2.23. The molecule has 0 saturated carbocycles. The first-order valence-electron chi connectivity index (χ1n) is 8.86. The molecular weight excluding hydrogens is 396 g/mol. The Morgan fingerprint density at radius 1 is 1.03 bits per heavy atom. The molecule has 1 aliphatic rings. The molecule has 0 aliphatic carbocycles. The van der Waals surface area contributed by atoms with Gasteiger partial charge in [0, 0.05) is 6.54 Å². The molecule has 1 heterocycles. The monoisotopic (exact) mass is 416 g/mol. The van der Waals surface area contributed by atoms with Crippen LogP contribution < -0.4 is 9.46 Å². The maximum Gasteiger partial charge on any atom is 0.261 e. The molecule has 9 heteroatoms.